The molecule has 1 N–H and O–H groups in total. The van der Waals surface area contributed by atoms with Crippen molar-refractivity contribution in [1.29, 1.82) is 0 Å². The molecule has 7 nitrogen and oxygen atoms in total. The number of phenolic OH excluding ortho intramolecular Hbond substituents is 1. The van der Waals surface area contributed by atoms with E-state index in [1.165, 1.54) is 16.8 Å². The highest BCUT2D eigenvalue weighted by Gasteiger charge is 2.11. The van der Waals surface area contributed by atoms with Gasteiger partial charge in [0, 0.05) is 0 Å². The first-order valence-electron chi connectivity index (χ1n) is 5.45. The molecule has 9 heteroatoms. The molecule has 3 rings (SSSR count). The number of rotatable bonds is 3. The van der Waals surface area contributed by atoms with Gasteiger partial charge in [-0.1, -0.05) is 0 Å². The molecule has 0 saturated heterocycles. The summed E-state index contributed by atoms with van der Waals surface area (Å²) in [6.07, 6.45) is 2.15. The number of hydrogen-bond donors (Lipinski definition) is 1. The lowest BCUT2D eigenvalue weighted by molar-refractivity contribution is 0.475. The van der Waals surface area contributed by atoms with Crippen molar-refractivity contribution in [3.8, 4) is 11.4 Å². The fraction of sp³-hybridized carbons (Fsp3) is 0. The van der Waals surface area contributed by atoms with Crippen LogP contribution in [0.1, 0.15) is 0 Å². The molecule has 100 valence electrons. The minimum absolute atomic E-state index is 0.151. The van der Waals surface area contributed by atoms with Gasteiger partial charge in [-0.25, -0.2) is 14.4 Å². The van der Waals surface area contributed by atoms with Gasteiger partial charge in [0.1, 0.15) is 5.75 Å². The summed E-state index contributed by atoms with van der Waals surface area (Å²) < 4.78 is 14.2. The van der Waals surface area contributed by atoms with Crippen molar-refractivity contribution < 1.29 is 9.50 Å². The van der Waals surface area contributed by atoms with Crippen LogP contribution in [-0.4, -0.2) is 35.3 Å². The summed E-state index contributed by atoms with van der Waals surface area (Å²) in [4.78, 5) is 7.66. The van der Waals surface area contributed by atoms with Crippen LogP contribution in [0.15, 0.2) is 47.0 Å². The lowest BCUT2D eigenvalue weighted by atomic mass is 10.3. The molecule has 0 atom stereocenters. The van der Waals surface area contributed by atoms with Crippen LogP contribution in [-0.2, 0) is 0 Å². The maximum absolute atomic E-state index is 12.7. The smallest absolute Gasteiger partial charge is 0.221 e. The van der Waals surface area contributed by atoms with Gasteiger partial charge in [0.05, 0.1) is 18.1 Å². The van der Waals surface area contributed by atoms with E-state index in [4.69, 9.17) is 0 Å². The van der Waals surface area contributed by atoms with Crippen molar-refractivity contribution in [3.05, 3.63) is 42.5 Å². The van der Waals surface area contributed by atoms with Crippen molar-refractivity contribution in [2.45, 2.75) is 10.3 Å². The standard InChI is InChI=1S/C11H7FN6OS/c12-7-5-13-10(14-6-7)20-11-15-16-17-18(11)8-1-3-9(19)4-2-8/h1-6,19H. The summed E-state index contributed by atoms with van der Waals surface area (Å²) in [7, 11) is 0. The van der Waals surface area contributed by atoms with E-state index >= 15 is 0 Å². The Balaban J connectivity index is 1.90. The fourth-order valence-electron chi connectivity index (χ4n) is 1.43. The van der Waals surface area contributed by atoms with E-state index in [9.17, 15) is 9.50 Å². The third-order valence-electron chi connectivity index (χ3n) is 2.31. The van der Waals surface area contributed by atoms with Crippen LogP contribution < -0.4 is 0 Å². The Morgan fingerprint density at radius 1 is 1.10 bits per heavy atom. The average molecular weight is 290 g/mol. The van der Waals surface area contributed by atoms with Crippen molar-refractivity contribution in [1.82, 2.24) is 30.2 Å². The largest absolute Gasteiger partial charge is 0.508 e. The molecule has 0 spiro atoms. The number of aromatic hydroxyl groups is 1. The molecule has 0 amide bonds. The molecule has 0 fully saturated rings. The molecule has 0 aliphatic carbocycles. The zero-order chi connectivity index (χ0) is 13.9. The number of halogens is 1. The van der Waals surface area contributed by atoms with Crippen LogP contribution in [0.2, 0.25) is 0 Å². The molecule has 0 aliphatic rings. The highest BCUT2D eigenvalue weighted by Crippen LogP contribution is 2.24. The SMILES string of the molecule is Oc1ccc(-n2nnnc2Sc2ncc(F)cn2)cc1. The van der Waals surface area contributed by atoms with E-state index in [2.05, 4.69) is 25.5 Å². The van der Waals surface area contributed by atoms with Crippen molar-refractivity contribution in [3.63, 3.8) is 0 Å². The van der Waals surface area contributed by atoms with Gasteiger partial charge in [-0.05, 0) is 46.5 Å². The number of phenols is 1. The van der Waals surface area contributed by atoms with Crippen LogP contribution in [0.5, 0.6) is 5.75 Å². The molecule has 3 aromatic rings. The number of benzene rings is 1. The Labute approximate surface area is 116 Å². The summed E-state index contributed by atoms with van der Waals surface area (Å²) >= 11 is 1.10. The van der Waals surface area contributed by atoms with E-state index in [1.54, 1.807) is 12.1 Å². The molecule has 0 saturated carbocycles. The van der Waals surface area contributed by atoms with Crippen LogP contribution in [0.3, 0.4) is 0 Å². The highest BCUT2D eigenvalue weighted by molar-refractivity contribution is 7.99. The van der Waals surface area contributed by atoms with Crippen LogP contribution in [0.25, 0.3) is 5.69 Å². The quantitative estimate of drug-likeness (QED) is 0.730. The third kappa shape index (κ3) is 2.57. The Hall–Kier alpha value is -2.55. The molecular formula is C11H7FN6OS. The molecular weight excluding hydrogens is 283 g/mol. The number of hydrogen-bond acceptors (Lipinski definition) is 7. The van der Waals surface area contributed by atoms with E-state index in [-0.39, 0.29) is 5.75 Å². The van der Waals surface area contributed by atoms with E-state index in [0.29, 0.717) is 16.0 Å². The Morgan fingerprint density at radius 3 is 2.50 bits per heavy atom. The van der Waals surface area contributed by atoms with Gasteiger partial charge in [0.25, 0.3) is 0 Å². The summed E-state index contributed by atoms with van der Waals surface area (Å²) in [5.41, 5.74) is 0.678. The topological polar surface area (TPSA) is 89.6 Å². The van der Waals surface area contributed by atoms with Gasteiger partial charge < -0.3 is 5.11 Å². The molecule has 0 unspecified atom stereocenters. The second-order valence-electron chi connectivity index (χ2n) is 3.68. The second-order valence-corrected chi connectivity index (χ2v) is 4.61. The lowest BCUT2D eigenvalue weighted by Crippen LogP contribution is -1.99. The predicted octanol–water partition coefficient (Wildman–Crippen LogP) is 1.45. The fourth-order valence-corrected chi connectivity index (χ4v) is 2.11. The predicted molar refractivity (Wildman–Crippen MR) is 66.9 cm³/mol. The average Bonchev–Trinajstić information content (AvgIpc) is 2.90. The molecule has 0 radical (unpaired) electrons. The Bertz CT molecular complexity index is 715. The first-order chi connectivity index (χ1) is 9.72. The normalized spacial score (nSPS) is 10.7. The van der Waals surface area contributed by atoms with Crippen molar-refractivity contribution in [2.75, 3.05) is 0 Å². The van der Waals surface area contributed by atoms with Gasteiger partial charge in [-0.3, -0.25) is 0 Å². The number of aromatic nitrogens is 6. The molecule has 2 aromatic heterocycles. The minimum atomic E-state index is -0.507. The zero-order valence-corrected chi connectivity index (χ0v) is 10.7. The molecule has 0 aliphatic heterocycles. The number of nitrogens with zero attached hydrogens (tertiary/aromatic N) is 6. The summed E-state index contributed by atoms with van der Waals surface area (Å²) in [5.74, 6) is -0.356. The number of tetrazole rings is 1. The Kier molecular flexibility index (Phi) is 3.25. The van der Waals surface area contributed by atoms with E-state index < -0.39 is 5.82 Å². The maximum Gasteiger partial charge on any atom is 0.221 e. The zero-order valence-electron chi connectivity index (χ0n) is 9.88. The van der Waals surface area contributed by atoms with Gasteiger partial charge >= 0.3 is 0 Å². The van der Waals surface area contributed by atoms with Gasteiger partial charge in [-0.15, -0.1) is 5.10 Å². The second kappa shape index (κ2) is 5.21. The lowest BCUT2D eigenvalue weighted by Gasteiger charge is -2.03. The monoisotopic (exact) mass is 290 g/mol. The molecule has 20 heavy (non-hydrogen) atoms. The van der Waals surface area contributed by atoms with Crippen LogP contribution in [0.4, 0.5) is 4.39 Å². The highest BCUT2D eigenvalue weighted by atomic mass is 32.2. The first kappa shape index (κ1) is 12.5. The molecule has 2 heterocycles. The van der Waals surface area contributed by atoms with Crippen LogP contribution in [0, 0.1) is 5.82 Å². The van der Waals surface area contributed by atoms with Gasteiger partial charge in [0.15, 0.2) is 11.0 Å². The van der Waals surface area contributed by atoms with Crippen molar-refractivity contribution >= 4 is 11.8 Å². The maximum atomic E-state index is 12.7. The van der Waals surface area contributed by atoms with E-state index in [0.717, 1.165) is 24.2 Å². The molecule has 1 aromatic carbocycles. The third-order valence-corrected chi connectivity index (χ3v) is 3.14. The van der Waals surface area contributed by atoms with Gasteiger partial charge in [-0.2, -0.15) is 4.68 Å². The summed E-state index contributed by atoms with van der Waals surface area (Å²) in [5, 5.41) is 21.3. The van der Waals surface area contributed by atoms with Crippen LogP contribution >= 0.6 is 11.8 Å². The van der Waals surface area contributed by atoms with Gasteiger partial charge in [0.2, 0.25) is 5.16 Å². The minimum Gasteiger partial charge on any atom is -0.508 e. The summed E-state index contributed by atoms with van der Waals surface area (Å²) in [6, 6.07) is 6.39. The summed E-state index contributed by atoms with van der Waals surface area (Å²) in [6.45, 7) is 0. The Morgan fingerprint density at radius 2 is 1.80 bits per heavy atom. The van der Waals surface area contributed by atoms with Crippen molar-refractivity contribution in [2.24, 2.45) is 0 Å². The first-order valence-corrected chi connectivity index (χ1v) is 6.27. The molecule has 0 bridgehead atoms. The van der Waals surface area contributed by atoms with E-state index in [1.807, 2.05) is 0 Å².